The highest BCUT2D eigenvalue weighted by Crippen LogP contribution is 2.23. The molecule has 1 saturated heterocycles. The van der Waals surface area contributed by atoms with Crippen molar-refractivity contribution in [3.8, 4) is 0 Å². The molecule has 5 nitrogen and oxygen atoms in total. The molecule has 0 radical (unpaired) electrons. The molecule has 7 heteroatoms. The Hall–Kier alpha value is -1.11. The zero-order valence-corrected chi connectivity index (χ0v) is 15.6. The fraction of sp³-hybridized carbons (Fsp3) is 0.500. The Morgan fingerprint density at radius 3 is 2.87 bits per heavy atom. The predicted molar refractivity (Wildman–Crippen MR) is 96.8 cm³/mol. The Balaban J connectivity index is 0.00000264. The number of nitrogens with zero attached hydrogens (tertiary/aromatic N) is 1. The monoisotopic (exact) mass is 403 g/mol. The van der Waals surface area contributed by atoms with Crippen LogP contribution in [0.1, 0.15) is 28.8 Å². The normalized spacial score (nSPS) is 17.3. The van der Waals surface area contributed by atoms with Crippen molar-refractivity contribution in [3.63, 3.8) is 0 Å². The summed E-state index contributed by atoms with van der Waals surface area (Å²) in [6.07, 6.45) is 1.66. The summed E-state index contributed by atoms with van der Waals surface area (Å²) in [6.45, 7) is 4.01. The zero-order chi connectivity index (χ0) is 16.1. The first-order valence-electron chi connectivity index (χ1n) is 7.56. The molecule has 1 aromatic carbocycles. The number of nitrogens with one attached hydrogen (secondary N) is 1. The van der Waals surface area contributed by atoms with Crippen LogP contribution >= 0.6 is 28.3 Å². The Morgan fingerprint density at radius 1 is 1.43 bits per heavy atom. The van der Waals surface area contributed by atoms with E-state index in [4.69, 9.17) is 5.73 Å². The Morgan fingerprint density at radius 2 is 2.17 bits per heavy atom. The maximum atomic E-state index is 12.7. The van der Waals surface area contributed by atoms with Crippen LogP contribution in [0.5, 0.6) is 0 Å². The zero-order valence-electron chi connectivity index (χ0n) is 13.2. The predicted octanol–water partition coefficient (Wildman–Crippen LogP) is 2.11. The lowest BCUT2D eigenvalue weighted by atomic mass is 9.96. The molecule has 0 aliphatic carbocycles. The lowest BCUT2D eigenvalue weighted by Crippen LogP contribution is -2.46. The third-order valence-electron chi connectivity index (χ3n) is 4.02. The van der Waals surface area contributed by atoms with E-state index in [9.17, 15) is 9.59 Å². The smallest absolute Gasteiger partial charge is 0.254 e. The van der Waals surface area contributed by atoms with Crippen LogP contribution in [0.2, 0.25) is 0 Å². The van der Waals surface area contributed by atoms with Gasteiger partial charge in [0.15, 0.2) is 0 Å². The molecule has 23 heavy (non-hydrogen) atoms. The standard InChI is InChI=1S/C16H22BrN3O2.ClH/c1-11-13(5-2-6-14(11)17)16(22)20-9-3-4-12(10-20)15(21)19-8-7-18;/h2,5-6,12H,3-4,7-10,18H2,1H3,(H,19,21);1H. The molecule has 1 fully saturated rings. The topological polar surface area (TPSA) is 75.4 Å². The first-order chi connectivity index (χ1) is 10.5. The van der Waals surface area contributed by atoms with Crippen molar-refractivity contribution in [2.45, 2.75) is 19.8 Å². The number of piperidine rings is 1. The van der Waals surface area contributed by atoms with Crippen LogP contribution in [-0.2, 0) is 4.79 Å². The third-order valence-corrected chi connectivity index (χ3v) is 4.88. The summed E-state index contributed by atoms with van der Waals surface area (Å²) in [5.74, 6) is -0.152. The minimum atomic E-state index is -0.142. The molecular formula is C16H23BrClN3O2. The molecule has 0 spiro atoms. The number of halogens is 2. The van der Waals surface area contributed by atoms with Crippen LogP contribution in [0, 0.1) is 12.8 Å². The Kier molecular flexibility index (Phi) is 8.02. The van der Waals surface area contributed by atoms with E-state index in [2.05, 4.69) is 21.2 Å². The van der Waals surface area contributed by atoms with Crippen LogP contribution in [0.4, 0.5) is 0 Å². The van der Waals surface area contributed by atoms with Crippen LogP contribution in [0.25, 0.3) is 0 Å². The largest absolute Gasteiger partial charge is 0.355 e. The molecule has 0 aromatic heterocycles. The average molecular weight is 405 g/mol. The van der Waals surface area contributed by atoms with Crippen molar-refractivity contribution in [2.75, 3.05) is 26.2 Å². The summed E-state index contributed by atoms with van der Waals surface area (Å²) < 4.78 is 0.924. The van der Waals surface area contributed by atoms with Gasteiger partial charge in [-0.25, -0.2) is 0 Å². The molecule has 1 atom stereocenters. The Labute approximate surface area is 151 Å². The SMILES string of the molecule is Cc1c(Br)cccc1C(=O)N1CCCC(C(=O)NCCN)C1.Cl. The minimum Gasteiger partial charge on any atom is -0.355 e. The van der Waals surface area contributed by atoms with Crippen LogP contribution in [0.3, 0.4) is 0 Å². The molecular weight excluding hydrogens is 382 g/mol. The quantitative estimate of drug-likeness (QED) is 0.807. The molecule has 128 valence electrons. The lowest BCUT2D eigenvalue weighted by Gasteiger charge is -2.32. The second-order valence-electron chi connectivity index (χ2n) is 5.58. The van der Waals surface area contributed by atoms with E-state index >= 15 is 0 Å². The van der Waals surface area contributed by atoms with Crippen molar-refractivity contribution in [1.82, 2.24) is 10.2 Å². The van der Waals surface area contributed by atoms with E-state index in [1.165, 1.54) is 0 Å². The second kappa shape index (κ2) is 9.25. The summed E-state index contributed by atoms with van der Waals surface area (Å²) in [5.41, 5.74) is 7.03. The highest BCUT2D eigenvalue weighted by Gasteiger charge is 2.29. The van der Waals surface area contributed by atoms with Gasteiger partial charge in [0.05, 0.1) is 5.92 Å². The number of benzene rings is 1. The highest BCUT2D eigenvalue weighted by molar-refractivity contribution is 9.10. The van der Waals surface area contributed by atoms with Crippen molar-refractivity contribution in [3.05, 3.63) is 33.8 Å². The molecule has 2 amide bonds. The van der Waals surface area contributed by atoms with E-state index < -0.39 is 0 Å². The minimum absolute atomic E-state index is 0. The van der Waals surface area contributed by atoms with Crippen LogP contribution < -0.4 is 11.1 Å². The van der Waals surface area contributed by atoms with Crippen LogP contribution in [0.15, 0.2) is 22.7 Å². The van der Waals surface area contributed by atoms with Crippen molar-refractivity contribution >= 4 is 40.2 Å². The second-order valence-corrected chi connectivity index (χ2v) is 6.44. The van der Waals surface area contributed by atoms with Gasteiger partial charge in [-0.1, -0.05) is 22.0 Å². The fourth-order valence-corrected chi connectivity index (χ4v) is 3.09. The van der Waals surface area contributed by atoms with Gasteiger partial charge in [-0.3, -0.25) is 9.59 Å². The summed E-state index contributed by atoms with van der Waals surface area (Å²) in [7, 11) is 0. The van der Waals surface area contributed by atoms with Gasteiger partial charge >= 0.3 is 0 Å². The number of hydrogen-bond acceptors (Lipinski definition) is 3. The van der Waals surface area contributed by atoms with Gasteiger partial charge in [-0.2, -0.15) is 0 Å². The molecule has 0 bridgehead atoms. The first-order valence-corrected chi connectivity index (χ1v) is 8.36. The number of rotatable bonds is 4. The summed E-state index contributed by atoms with van der Waals surface area (Å²) in [4.78, 5) is 26.6. The molecule has 1 aliphatic rings. The number of hydrogen-bond donors (Lipinski definition) is 2. The Bertz CT molecular complexity index is 568. The average Bonchev–Trinajstić information content (AvgIpc) is 2.54. The van der Waals surface area contributed by atoms with Gasteiger partial charge in [0, 0.05) is 36.2 Å². The molecule has 1 unspecified atom stereocenters. The van der Waals surface area contributed by atoms with E-state index in [-0.39, 0.29) is 30.1 Å². The number of carbonyl (C=O) groups excluding carboxylic acids is 2. The summed E-state index contributed by atoms with van der Waals surface area (Å²) in [6, 6.07) is 5.62. The molecule has 2 rings (SSSR count). The molecule has 3 N–H and O–H groups in total. The lowest BCUT2D eigenvalue weighted by molar-refractivity contribution is -0.126. The molecule has 1 aromatic rings. The van der Waals surface area contributed by atoms with E-state index in [0.29, 0.717) is 31.7 Å². The van der Waals surface area contributed by atoms with Crippen LogP contribution in [-0.4, -0.2) is 42.9 Å². The fourth-order valence-electron chi connectivity index (χ4n) is 2.72. The van der Waals surface area contributed by atoms with Gasteiger partial charge in [0.2, 0.25) is 5.91 Å². The van der Waals surface area contributed by atoms with E-state index in [1.807, 2.05) is 25.1 Å². The van der Waals surface area contributed by atoms with Gasteiger partial charge < -0.3 is 16.0 Å². The number of nitrogens with two attached hydrogens (primary N) is 1. The first kappa shape index (κ1) is 19.9. The van der Waals surface area contributed by atoms with Gasteiger partial charge in [-0.15, -0.1) is 12.4 Å². The van der Waals surface area contributed by atoms with Gasteiger partial charge in [-0.05, 0) is 37.5 Å². The van der Waals surface area contributed by atoms with Crippen molar-refractivity contribution in [1.29, 1.82) is 0 Å². The summed E-state index contributed by atoms with van der Waals surface area (Å²) in [5, 5.41) is 2.81. The number of amides is 2. The van der Waals surface area contributed by atoms with Crippen molar-refractivity contribution < 1.29 is 9.59 Å². The van der Waals surface area contributed by atoms with E-state index in [1.54, 1.807) is 4.90 Å². The molecule has 1 heterocycles. The maximum absolute atomic E-state index is 12.7. The number of likely N-dealkylation sites (tertiary alicyclic amines) is 1. The van der Waals surface area contributed by atoms with Gasteiger partial charge in [0.25, 0.3) is 5.91 Å². The van der Waals surface area contributed by atoms with Gasteiger partial charge in [0.1, 0.15) is 0 Å². The number of carbonyl (C=O) groups is 2. The summed E-state index contributed by atoms with van der Waals surface area (Å²) >= 11 is 3.46. The van der Waals surface area contributed by atoms with Crippen molar-refractivity contribution in [2.24, 2.45) is 11.7 Å². The maximum Gasteiger partial charge on any atom is 0.254 e. The molecule has 0 saturated carbocycles. The van der Waals surface area contributed by atoms with E-state index in [0.717, 1.165) is 22.9 Å². The molecule has 1 aliphatic heterocycles. The highest BCUT2D eigenvalue weighted by atomic mass is 79.9. The third kappa shape index (κ3) is 4.93.